The number of phenols is 1. The van der Waals surface area contributed by atoms with Crippen molar-refractivity contribution in [1.82, 2.24) is 0 Å². The van der Waals surface area contributed by atoms with Crippen LogP contribution in [0.15, 0.2) is 42.0 Å². The van der Waals surface area contributed by atoms with Crippen molar-refractivity contribution in [3.63, 3.8) is 0 Å². The Hall–Kier alpha value is -2.77. The van der Waals surface area contributed by atoms with Crippen molar-refractivity contribution in [2.45, 2.75) is 13.8 Å². The average Bonchev–Trinajstić information content (AvgIpc) is 2.50. The van der Waals surface area contributed by atoms with E-state index in [-0.39, 0.29) is 11.3 Å². The average molecular weight is 327 g/mol. The first-order valence-corrected chi connectivity index (χ1v) is 7.27. The van der Waals surface area contributed by atoms with E-state index in [0.717, 1.165) is 0 Å². The number of phenolic OH excluding ortho intramolecular Hbond substituents is 1. The van der Waals surface area contributed by atoms with Crippen LogP contribution in [0.4, 0.5) is 5.69 Å². The molecule has 5 heteroatoms. The maximum Gasteiger partial charge on any atom is 0.266 e. The number of halogens is 1. The van der Waals surface area contributed by atoms with Gasteiger partial charge in [0.15, 0.2) is 0 Å². The second-order valence-corrected chi connectivity index (χ2v) is 5.57. The zero-order valence-corrected chi connectivity index (χ0v) is 13.5. The van der Waals surface area contributed by atoms with Crippen LogP contribution in [0.5, 0.6) is 5.75 Å². The number of rotatable bonds is 3. The zero-order chi connectivity index (χ0) is 17.0. The molecule has 0 atom stereocenters. The summed E-state index contributed by atoms with van der Waals surface area (Å²) in [6, 6.07) is 12.0. The highest BCUT2D eigenvalue weighted by molar-refractivity contribution is 6.31. The number of nitriles is 1. The quantitative estimate of drug-likeness (QED) is 0.655. The molecule has 0 aliphatic carbocycles. The van der Waals surface area contributed by atoms with Crippen molar-refractivity contribution < 1.29 is 9.90 Å². The summed E-state index contributed by atoms with van der Waals surface area (Å²) in [6.07, 6.45) is 1.49. The van der Waals surface area contributed by atoms with E-state index in [4.69, 9.17) is 11.6 Å². The van der Waals surface area contributed by atoms with Crippen molar-refractivity contribution in [2.75, 3.05) is 5.32 Å². The minimum Gasteiger partial charge on any atom is -0.507 e. The first-order valence-electron chi connectivity index (χ1n) is 6.89. The summed E-state index contributed by atoms with van der Waals surface area (Å²) in [4.78, 5) is 12.2. The summed E-state index contributed by atoms with van der Waals surface area (Å²) in [5.74, 6) is -0.304. The van der Waals surface area contributed by atoms with E-state index in [1.807, 2.05) is 6.07 Å². The highest BCUT2D eigenvalue weighted by Gasteiger charge is 2.11. The van der Waals surface area contributed by atoms with Crippen LogP contribution in [-0.4, -0.2) is 11.0 Å². The van der Waals surface area contributed by atoms with Crippen LogP contribution in [0.25, 0.3) is 6.08 Å². The predicted octanol–water partition coefficient (Wildman–Crippen LogP) is 4.21. The van der Waals surface area contributed by atoms with Crippen molar-refractivity contribution in [2.24, 2.45) is 0 Å². The number of aryl methyl sites for hydroxylation is 2. The maximum absolute atomic E-state index is 12.2. The van der Waals surface area contributed by atoms with Gasteiger partial charge in [0.2, 0.25) is 0 Å². The summed E-state index contributed by atoms with van der Waals surface area (Å²) in [7, 11) is 0. The van der Waals surface area contributed by atoms with Gasteiger partial charge in [-0.25, -0.2) is 0 Å². The molecule has 0 spiro atoms. The van der Waals surface area contributed by atoms with Crippen molar-refractivity contribution >= 4 is 29.3 Å². The lowest BCUT2D eigenvalue weighted by Gasteiger charge is -2.07. The van der Waals surface area contributed by atoms with E-state index in [1.54, 1.807) is 50.2 Å². The molecule has 0 heterocycles. The van der Waals surface area contributed by atoms with Crippen LogP contribution in [0.2, 0.25) is 5.02 Å². The lowest BCUT2D eigenvalue weighted by molar-refractivity contribution is -0.112. The first-order chi connectivity index (χ1) is 10.9. The molecular weight excluding hydrogens is 312 g/mol. The van der Waals surface area contributed by atoms with Crippen LogP contribution in [0.1, 0.15) is 16.7 Å². The topological polar surface area (TPSA) is 73.1 Å². The summed E-state index contributed by atoms with van der Waals surface area (Å²) < 4.78 is 0. The second-order valence-electron chi connectivity index (χ2n) is 5.14. The molecule has 0 aliphatic rings. The fraction of sp³-hybridized carbons (Fsp3) is 0.111. The molecule has 0 saturated heterocycles. The Labute approximate surface area is 139 Å². The number of carbonyl (C=O) groups excluding carboxylic acids is 1. The van der Waals surface area contributed by atoms with Gasteiger partial charge >= 0.3 is 0 Å². The van der Waals surface area contributed by atoms with Crippen molar-refractivity contribution in [3.05, 3.63) is 63.7 Å². The Bertz CT molecular complexity index is 812. The molecule has 0 radical (unpaired) electrons. The molecule has 2 aromatic rings. The minimum atomic E-state index is -0.516. The largest absolute Gasteiger partial charge is 0.507 e. The summed E-state index contributed by atoms with van der Waals surface area (Å²) >= 11 is 5.87. The Kier molecular flexibility index (Phi) is 5.05. The Morgan fingerprint density at radius 2 is 1.91 bits per heavy atom. The van der Waals surface area contributed by atoms with Gasteiger partial charge in [0.1, 0.15) is 17.4 Å². The molecule has 0 aliphatic heterocycles. The van der Waals surface area contributed by atoms with Gasteiger partial charge in [-0.05, 0) is 66.9 Å². The molecule has 0 saturated carbocycles. The van der Waals surface area contributed by atoms with Gasteiger partial charge in [-0.2, -0.15) is 5.26 Å². The summed E-state index contributed by atoms with van der Waals surface area (Å²) in [5.41, 5.74) is 2.53. The Morgan fingerprint density at radius 1 is 1.26 bits per heavy atom. The molecule has 0 aromatic heterocycles. The van der Waals surface area contributed by atoms with Crippen LogP contribution in [0.3, 0.4) is 0 Å². The van der Waals surface area contributed by atoms with Crippen LogP contribution in [-0.2, 0) is 4.79 Å². The van der Waals surface area contributed by atoms with Gasteiger partial charge < -0.3 is 10.4 Å². The van der Waals surface area contributed by atoms with E-state index in [0.29, 0.717) is 27.4 Å². The third-order valence-corrected chi connectivity index (χ3v) is 3.51. The molecule has 1 amide bonds. The number of nitrogens with one attached hydrogen (secondary N) is 1. The van der Waals surface area contributed by atoms with E-state index in [1.165, 1.54) is 6.08 Å². The number of aromatic hydroxyl groups is 1. The Balaban J connectivity index is 2.28. The van der Waals surface area contributed by atoms with E-state index < -0.39 is 5.91 Å². The third kappa shape index (κ3) is 4.12. The number of anilines is 1. The SMILES string of the molecule is Cc1cc(/C=C(\C#N)C(=O)Nc2cccc(Cl)c2)cc(C)c1O. The lowest BCUT2D eigenvalue weighted by atomic mass is 10.0. The number of hydrogen-bond acceptors (Lipinski definition) is 3. The predicted molar refractivity (Wildman–Crippen MR) is 91.3 cm³/mol. The van der Waals surface area contributed by atoms with Gasteiger partial charge in [0, 0.05) is 10.7 Å². The molecule has 116 valence electrons. The molecular formula is C18H15ClN2O2. The Morgan fingerprint density at radius 3 is 2.48 bits per heavy atom. The minimum absolute atomic E-state index is 0.0329. The monoisotopic (exact) mass is 326 g/mol. The van der Waals surface area contributed by atoms with E-state index >= 15 is 0 Å². The molecule has 2 aromatic carbocycles. The molecule has 0 unspecified atom stereocenters. The number of hydrogen-bond donors (Lipinski definition) is 2. The normalized spacial score (nSPS) is 11.0. The highest BCUT2D eigenvalue weighted by Crippen LogP contribution is 2.24. The second kappa shape index (κ2) is 6.99. The number of nitrogens with zero attached hydrogens (tertiary/aromatic N) is 1. The molecule has 0 fully saturated rings. The van der Waals surface area contributed by atoms with E-state index in [2.05, 4.69) is 5.32 Å². The smallest absolute Gasteiger partial charge is 0.266 e. The molecule has 4 nitrogen and oxygen atoms in total. The van der Waals surface area contributed by atoms with Gasteiger partial charge in [-0.15, -0.1) is 0 Å². The van der Waals surface area contributed by atoms with Gasteiger partial charge in [-0.3, -0.25) is 4.79 Å². The number of carbonyl (C=O) groups is 1. The fourth-order valence-electron chi connectivity index (χ4n) is 2.15. The van der Waals surface area contributed by atoms with Gasteiger partial charge in [0.25, 0.3) is 5.91 Å². The molecule has 2 N–H and O–H groups in total. The summed E-state index contributed by atoms with van der Waals surface area (Å²) in [5, 5.41) is 22.1. The van der Waals surface area contributed by atoms with Crippen molar-refractivity contribution in [3.8, 4) is 11.8 Å². The third-order valence-electron chi connectivity index (χ3n) is 3.27. The zero-order valence-electron chi connectivity index (χ0n) is 12.7. The molecule has 23 heavy (non-hydrogen) atoms. The van der Waals surface area contributed by atoms with E-state index in [9.17, 15) is 15.2 Å². The fourth-order valence-corrected chi connectivity index (χ4v) is 2.34. The standard InChI is InChI=1S/C18H15ClN2O2/c1-11-6-13(7-12(2)17(11)22)8-14(10-20)18(23)21-16-5-3-4-15(19)9-16/h3-9,22H,1-2H3,(H,21,23)/b14-8+. The van der Waals surface area contributed by atoms with Crippen LogP contribution >= 0.6 is 11.6 Å². The first kappa shape index (κ1) is 16.6. The van der Waals surface area contributed by atoms with Gasteiger partial charge in [0.05, 0.1) is 0 Å². The van der Waals surface area contributed by atoms with Gasteiger partial charge in [-0.1, -0.05) is 17.7 Å². The highest BCUT2D eigenvalue weighted by atomic mass is 35.5. The lowest BCUT2D eigenvalue weighted by Crippen LogP contribution is -2.13. The van der Waals surface area contributed by atoms with Crippen LogP contribution in [0, 0.1) is 25.2 Å². The molecule has 2 rings (SSSR count). The number of amides is 1. The molecule has 0 bridgehead atoms. The number of benzene rings is 2. The summed E-state index contributed by atoms with van der Waals surface area (Å²) in [6.45, 7) is 3.52. The van der Waals surface area contributed by atoms with Crippen molar-refractivity contribution in [1.29, 1.82) is 5.26 Å². The maximum atomic E-state index is 12.2. The van der Waals surface area contributed by atoms with Crippen LogP contribution < -0.4 is 5.32 Å².